The Morgan fingerprint density at radius 2 is 0.667 bits per heavy atom. The van der Waals surface area contributed by atoms with Gasteiger partial charge in [0.15, 0.2) is 0 Å². The number of benzene rings is 11. The van der Waals surface area contributed by atoms with Gasteiger partial charge in [-0.25, -0.2) is 0 Å². The van der Waals surface area contributed by atoms with Gasteiger partial charge in [-0.1, -0.05) is 172 Å². The first-order valence-corrected chi connectivity index (χ1v) is 20.1. The summed E-state index contributed by atoms with van der Waals surface area (Å²) in [5, 5.41) is 15.5. The summed E-state index contributed by atoms with van der Waals surface area (Å²) in [6.45, 7) is 4.77. The number of rotatable bonds is 3. The minimum atomic E-state index is -0.121. The minimum Gasteiger partial charge on any atom is -0.0616 e. The molecule has 1 aliphatic rings. The molecule has 0 saturated carbocycles. The molecule has 266 valence electrons. The third-order valence-electron chi connectivity index (χ3n) is 13.0. The highest BCUT2D eigenvalue weighted by Crippen LogP contribution is 2.51. The summed E-state index contributed by atoms with van der Waals surface area (Å²) in [5.41, 5.74) is 12.9. The molecule has 0 radical (unpaired) electrons. The van der Waals surface area contributed by atoms with Gasteiger partial charge >= 0.3 is 0 Å². The highest BCUT2D eigenvalue weighted by molar-refractivity contribution is 6.33. The summed E-state index contributed by atoms with van der Waals surface area (Å²) in [7, 11) is 0. The fraction of sp³-hybridized carbons (Fsp3) is 0.0526. The zero-order valence-corrected chi connectivity index (χ0v) is 32.0. The van der Waals surface area contributed by atoms with Crippen LogP contribution in [-0.2, 0) is 5.41 Å². The lowest BCUT2D eigenvalue weighted by Crippen LogP contribution is -2.15. The fourth-order valence-electron chi connectivity index (χ4n) is 10.1. The van der Waals surface area contributed by atoms with E-state index >= 15 is 0 Å². The van der Waals surface area contributed by atoms with Gasteiger partial charge in [-0.15, -0.1) is 0 Å². The molecule has 0 saturated heterocycles. The van der Waals surface area contributed by atoms with Gasteiger partial charge in [-0.2, -0.15) is 0 Å². The molecule has 0 spiro atoms. The van der Waals surface area contributed by atoms with Gasteiger partial charge in [0.1, 0.15) is 0 Å². The quantitative estimate of drug-likeness (QED) is 0.159. The second kappa shape index (κ2) is 12.0. The Hall–Kier alpha value is -7.02. The first-order chi connectivity index (χ1) is 28.0. The summed E-state index contributed by atoms with van der Waals surface area (Å²) in [6, 6.07) is 72.8. The summed E-state index contributed by atoms with van der Waals surface area (Å²) >= 11 is 0. The van der Waals surface area contributed by atoms with Gasteiger partial charge in [0.25, 0.3) is 0 Å². The molecule has 1 aliphatic carbocycles. The first-order valence-electron chi connectivity index (χ1n) is 20.1. The van der Waals surface area contributed by atoms with Gasteiger partial charge in [-0.3, -0.25) is 0 Å². The Kier molecular flexibility index (Phi) is 6.78. The van der Waals surface area contributed by atoms with Crippen molar-refractivity contribution >= 4 is 64.6 Å². The molecule has 0 bridgehead atoms. The molecular weight excluding hydrogens is 685 g/mol. The van der Waals surface area contributed by atoms with Crippen LogP contribution in [0.25, 0.3) is 109 Å². The molecule has 11 aromatic rings. The van der Waals surface area contributed by atoms with Crippen LogP contribution in [0.5, 0.6) is 0 Å². The molecular formula is C57H38. The Bertz CT molecular complexity index is 3490. The Balaban J connectivity index is 0.964. The second-order valence-corrected chi connectivity index (χ2v) is 16.5. The van der Waals surface area contributed by atoms with E-state index in [2.05, 4.69) is 208 Å². The molecule has 11 aromatic carbocycles. The molecule has 0 amide bonds. The average molecular weight is 723 g/mol. The molecule has 57 heavy (non-hydrogen) atoms. The number of fused-ring (bicyclic) bond motifs is 13. The Morgan fingerprint density at radius 3 is 1.30 bits per heavy atom. The Labute approximate surface area is 332 Å². The zero-order chi connectivity index (χ0) is 37.8. The van der Waals surface area contributed by atoms with Crippen molar-refractivity contribution in [1.29, 1.82) is 0 Å². The van der Waals surface area contributed by atoms with E-state index in [1.165, 1.54) is 120 Å². The minimum absolute atomic E-state index is 0.121. The third-order valence-corrected chi connectivity index (χ3v) is 13.0. The molecule has 0 heterocycles. The maximum Gasteiger partial charge on any atom is 0.0159 e. The van der Waals surface area contributed by atoms with Crippen LogP contribution in [0.3, 0.4) is 0 Å². The lowest BCUT2D eigenvalue weighted by Gasteiger charge is -2.23. The molecule has 0 atom stereocenters. The second-order valence-electron chi connectivity index (χ2n) is 16.5. The van der Waals surface area contributed by atoms with Crippen LogP contribution < -0.4 is 0 Å². The van der Waals surface area contributed by atoms with E-state index in [4.69, 9.17) is 0 Å². The van der Waals surface area contributed by atoms with Crippen molar-refractivity contribution in [3.63, 3.8) is 0 Å². The van der Waals surface area contributed by atoms with E-state index in [0.29, 0.717) is 0 Å². The number of hydrogen-bond donors (Lipinski definition) is 0. The van der Waals surface area contributed by atoms with E-state index in [1.54, 1.807) is 0 Å². The van der Waals surface area contributed by atoms with Crippen LogP contribution >= 0.6 is 0 Å². The smallest absolute Gasteiger partial charge is 0.0159 e. The van der Waals surface area contributed by atoms with Crippen LogP contribution in [0.1, 0.15) is 25.0 Å². The van der Waals surface area contributed by atoms with Crippen molar-refractivity contribution in [3.8, 4) is 44.5 Å². The highest BCUT2D eigenvalue weighted by Gasteiger charge is 2.36. The molecule has 0 N–H and O–H groups in total. The molecule has 0 unspecified atom stereocenters. The Morgan fingerprint density at radius 1 is 0.263 bits per heavy atom. The van der Waals surface area contributed by atoms with Crippen LogP contribution in [0.2, 0.25) is 0 Å². The maximum atomic E-state index is 2.45. The van der Waals surface area contributed by atoms with Crippen LogP contribution in [-0.4, -0.2) is 0 Å². The monoisotopic (exact) mass is 722 g/mol. The van der Waals surface area contributed by atoms with Crippen molar-refractivity contribution in [1.82, 2.24) is 0 Å². The van der Waals surface area contributed by atoms with Crippen molar-refractivity contribution in [2.45, 2.75) is 19.3 Å². The van der Waals surface area contributed by atoms with Crippen LogP contribution in [0, 0.1) is 0 Å². The molecule has 0 fully saturated rings. The largest absolute Gasteiger partial charge is 0.0616 e. The van der Waals surface area contributed by atoms with Crippen LogP contribution in [0.15, 0.2) is 194 Å². The van der Waals surface area contributed by atoms with Crippen molar-refractivity contribution in [2.75, 3.05) is 0 Å². The normalized spacial score (nSPS) is 13.2. The lowest BCUT2D eigenvalue weighted by atomic mass is 9.80. The fourth-order valence-corrected chi connectivity index (χ4v) is 10.1. The lowest BCUT2D eigenvalue weighted by molar-refractivity contribution is 0.661. The number of hydrogen-bond acceptors (Lipinski definition) is 0. The van der Waals surface area contributed by atoms with Gasteiger partial charge in [0.2, 0.25) is 0 Å². The SMILES string of the molecule is CC1(C)c2cc(-c3ccc4ccccc4c3)ccc2-c2ccc(-c3ccc4ccc(-c5cc6c7ccccc7c7ccccc7c6c6ccccc56)cc4c3)cc21. The predicted molar refractivity (Wildman–Crippen MR) is 245 cm³/mol. The van der Waals surface area contributed by atoms with Gasteiger partial charge in [-0.05, 0) is 157 Å². The van der Waals surface area contributed by atoms with E-state index in [9.17, 15) is 0 Å². The summed E-state index contributed by atoms with van der Waals surface area (Å²) in [5.74, 6) is 0. The van der Waals surface area contributed by atoms with Crippen molar-refractivity contribution in [2.24, 2.45) is 0 Å². The molecule has 0 aliphatic heterocycles. The van der Waals surface area contributed by atoms with Gasteiger partial charge in [0, 0.05) is 5.41 Å². The van der Waals surface area contributed by atoms with E-state index in [0.717, 1.165) is 0 Å². The van der Waals surface area contributed by atoms with Crippen LogP contribution in [0.4, 0.5) is 0 Å². The zero-order valence-electron chi connectivity index (χ0n) is 32.0. The van der Waals surface area contributed by atoms with Gasteiger partial charge in [0.05, 0.1) is 0 Å². The molecule has 0 aromatic heterocycles. The molecule has 0 heteroatoms. The van der Waals surface area contributed by atoms with Crippen molar-refractivity contribution in [3.05, 3.63) is 205 Å². The summed E-state index contributed by atoms with van der Waals surface area (Å²) in [6.07, 6.45) is 0. The molecule has 12 rings (SSSR count). The standard InChI is InChI=1S/C57H38/c1-57(2)54-32-40(38-22-19-35-11-3-4-12-37(35)29-38)25-27-48(54)49-28-26-41(33-55(49)57)39-23-20-36-21-24-42(31-43(36)30-39)52-34-53-46-15-6-5-13-44(46)45-14-7-9-17-50(45)56(53)51-18-10-8-16-47(51)52/h3-34H,1-2H3. The maximum absolute atomic E-state index is 2.45. The first kappa shape index (κ1) is 32.2. The predicted octanol–water partition coefficient (Wildman–Crippen LogP) is 15.9. The van der Waals surface area contributed by atoms with E-state index in [1.807, 2.05) is 0 Å². The summed E-state index contributed by atoms with van der Waals surface area (Å²) in [4.78, 5) is 0. The van der Waals surface area contributed by atoms with E-state index < -0.39 is 0 Å². The van der Waals surface area contributed by atoms with Crippen molar-refractivity contribution < 1.29 is 0 Å². The highest BCUT2D eigenvalue weighted by atomic mass is 14.4. The van der Waals surface area contributed by atoms with Gasteiger partial charge < -0.3 is 0 Å². The van der Waals surface area contributed by atoms with E-state index in [-0.39, 0.29) is 5.41 Å². The summed E-state index contributed by atoms with van der Waals surface area (Å²) < 4.78 is 0. The topological polar surface area (TPSA) is 0 Å². The molecule has 0 nitrogen and oxygen atoms in total. The average Bonchev–Trinajstić information content (AvgIpc) is 3.50. The third kappa shape index (κ3) is 4.81.